The highest BCUT2D eigenvalue weighted by atomic mass is 16.5. The predicted molar refractivity (Wildman–Crippen MR) is 104 cm³/mol. The largest absolute Gasteiger partial charge is 0.496 e. The first kappa shape index (κ1) is 20.2. The SMILES string of the molecule is CC.CC.COc1cc(C)nc2ccc(C3=C(C)COCC3)cc12. The van der Waals surface area contributed by atoms with Crippen molar-refractivity contribution >= 4 is 16.5 Å². The van der Waals surface area contributed by atoms with E-state index in [2.05, 4.69) is 30.1 Å². The van der Waals surface area contributed by atoms with E-state index >= 15 is 0 Å². The van der Waals surface area contributed by atoms with E-state index in [1.54, 1.807) is 7.11 Å². The Labute approximate surface area is 146 Å². The Balaban J connectivity index is 0.000000671. The van der Waals surface area contributed by atoms with Gasteiger partial charge in [0.15, 0.2) is 0 Å². The number of pyridine rings is 1. The van der Waals surface area contributed by atoms with Crippen molar-refractivity contribution in [2.24, 2.45) is 0 Å². The molecule has 0 amide bonds. The van der Waals surface area contributed by atoms with Crippen LogP contribution in [0.2, 0.25) is 0 Å². The van der Waals surface area contributed by atoms with Gasteiger partial charge in [-0.3, -0.25) is 4.98 Å². The van der Waals surface area contributed by atoms with Crippen molar-refractivity contribution in [3.63, 3.8) is 0 Å². The van der Waals surface area contributed by atoms with Crippen LogP contribution in [0, 0.1) is 6.92 Å². The maximum absolute atomic E-state index is 5.50. The van der Waals surface area contributed by atoms with Crippen LogP contribution >= 0.6 is 0 Å². The zero-order valence-corrected chi connectivity index (χ0v) is 16.2. The molecule has 0 atom stereocenters. The van der Waals surface area contributed by atoms with Crippen LogP contribution in [0.15, 0.2) is 29.8 Å². The summed E-state index contributed by atoms with van der Waals surface area (Å²) in [6, 6.07) is 8.40. The van der Waals surface area contributed by atoms with Crippen LogP contribution in [0.25, 0.3) is 16.5 Å². The van der Waals surface area contributed by atoms with Gasteiger partial charge in [0.1, 0.15) is 5.75 Å². The third-order valence-electron chi connectivity index (χ3n) is 3.80. The van der Waals surface area contributed by atoms with Gasteiger partial charge in [0.05, 0.1) is 25.8 Å². The number of rotatable bonds is 2. The topological polar surface area (TPSA) is 31.4 Å². The zero-order chi connectivity index (χ0) is 18.1. The Hall–Kier alpha value is -1.87. The normalized spacial score (nSPS) is 13.6. The minimum Gasteiger partial charge on any atom is -0.496 e. The number of nitrogens with zero attached hydrogens (tertiary/aromatic N) is 1. The molecule has 1 aromatic heterocycles. The molecule has 2 heterocycles. The molecule has 3 heteroatoms. The summed E-state index contributed by atoms with van der Waals surface area (Å²) in [5.41, 5.74) is 5.91. The maximum atomic E-state index is 5.50. The smallest absolute Gasteiger partial charge is 0.130 e. The second-order valence-electron chi connectivity index (χ2n) is 5.26. The summed E-state index contributed by atoms with van der Waals surface area (Å²) < 4.78 is 11.0. The number of ether oxygens (including phenoxy) is 2. The van der Waals surface area contributed by atoms with Gasteiger partial charge in [0.2, 0.25) is 0 Å². The van der Waals surface area contributed by atoms with Gasteiger partial charge in [-0.05, 0) is 49.1 Å². The number of hydrogen-bond donors (Lipinski definition) is 0. The fraction of sp³-hybridized carbons (Fsp3) is 0.476. The molecule has 24 heavy (non-hydrogen) atoms. The van der Waals surface area contributed by atoms with Crippen LogP contribution in [-0.2, 0) is 4.74 Å². The minimum atomic E-state index is 0.733. The first-order valence-corrected chi connectivity index (χ1v) is 8.91. The lowest BCUT2D eigenvalue weighted by molar-refractivity contribution is 0.154. The second-order valence-corrected chi connectivity index (χ2v) is 5.26. The summed E-state index contributed by atoms with van der Waals surface area (Å²) in [6.07, 6.45) is 0.971. The second kappa shape index (κ2) is 10.1. The van der Waals surface area contributed by atoms with Crippen molar-refractivity contribution in [2.45, 2.75) is 48.0 Å². The van der Waals surface area contributed by atoms with Gasteiger partial charge in [-0.25, -0.2) is 0 Å². The Morgan fingerprint density at radius 2 is 1.75 bits per heavy atom. The van der Waals surface area contributed by atoms with Crippen molar-refractivity contribution in [3.05, 3.63) is 41.1 Å². The molecule has 1 aromatic carbocycles. The highest BCUT2D eigenvalue weighted by molar-refractivity contribution is 5.89. The molecule has 0 N–H and O–H groups in total. The van der Waals surface area contributed by atoms with Crippen molar-refractivity contribution in [2.75, 3.05) is 20.3 Å². The van der Waals surface area contributed by atoms with Gasteiger partial charge in [0.25, 0.3) is 0 Å². The first-order chi connectivity index (χ1) is 11.7. The number of benzene rings is 1. The average Bonchev–Trinajstić information content (AvgIpc) is 2.64. The van der Waals surface area contributed by atoms with Crippen LogP contribution in [0.1, 0.15) is 52.3 Å². The van der Waals surface area contributed by atoms with Crippen molar-refractivity contribution < 1.29 is 9.47 Å². The summed E-state index contributed by atoms with van der Waals surface area (Å²) in [5.74, 6) is 0.889. The zero-order valence-electron chi connectivity index (χ0n) is 16.2. The third-order valence-corrected chi connectivity index (χ3v) is 3.80. The van der Waals surface area contributed by atoms with Crippen molar-refractivity contribution in [1.29, 1.82) is 0 Å². The molecule has 0 aliphatic carbocycles. The summed E-state index contributed by atoms with van der Waals surface area (Å²) >= 11 is 0. The highest BCUT2D eigenvalue weighted by Gasteiger charge is 2.13. The Morgan fingerprint density at radius 3 is 2.38 bits per heavy atom. The van der Waals surface area contributed by atoms with E-state index in [0.717, 1.165) is 42.0 Å². The van der Waals surface area contributed by atoms with E-state index in [-0.39, 0.29) is 0 Å². The molecule has 0 unspecified atom stereocenters. The quantitative estimate of drug-likeness (QED) is 0.698. The van der Waals surface area contributed by atoms with Gasteiger partial charge < -0.3 is 9.47 Å². The van der Waals surface area contributed by atoms with Gasteiger partial charge in [-0.2, -0.15) is 0 Å². The molecule has 0 bridgehead atoms. The van der Waals surface area contributed by atoms with E-state index in [0.29, 0.717) is 0 Å². The van der Waals surface area contributed by atoms with Crippen molar-refractivity contribution in [1.82, 2.24) is 4.98 Å². The molecule has 1 aliphatic heterocycles. The average molecular weight is 329 g/mol. The van der Waals surface area contributed by atoms with E-state index in [1.807, 2.05) is 40.7 Å². The number of methoxy groups -OCH3 is 1. The lowest BCUT2D eigenvalue weighted by Gasteiger charge is -2.19. The molecule has 1 aliphatic rings. The summed E-state index contributed by atoms with van der Waals surface area (Å²) in [6.45, 7) is 13.7. The molecule has 3 nitrogen and oxygen atoms in total. The van der Waals surface area contributed by atoms with Crippen LogP contribution in [0.3, 0.4) is 0 Å². The molecule has 0 saturated carbocycles. The minimum absolute atomic E-state index is 0.733. The standard InChI is InChI=1S/C17H19NO2.2C2H6/c1-11-10-20-7-6-14(11)13-4-5-16-15(9-13)17(19-3)8-12(2)18-16;2*1-2/h4-5,8-9H,6-7,10H2,1-3H3;2*1-2H3. The lowest BCUT2D eigenvalue weighted by Crippen LogP contribution is -2.08. The summed E-state index contributed by atoms with van der Waals surface area (Å²) in [7, 11) is 1.71. The van der Waals surface area contributed by atoms with E-state index in [9.17, 15) is 0 Å². The van der Waals surface area contributed by atoms with Crippen molar-refractivity contribution in [3.8, 4) is 5.75 Å². The van der Waals surface area contributed by atoms with E-state index < -0.39 is 0 Å². The van der Waals surface area contributed by atoms with Crippen LogP contribution in [0.4, 0.5) is 0 Å². The molecule has 3 rings (SSSR count). The fourth-order valence-electron chi connectivity index (χ4n) is 2.77. The van der Waals surface area contributed by atoms with Crippen LogP contribution in [0.5, 0.6) is 5.75 Å². The maximum Gasteiger partial charge on any atom is 0.130 e. The molecule has 0 saturated heterocycles. The monoisotopic (exact) mass is 329 g/mol. The molecule has 0 fully saturated rings. The number of hydrogen-bond acceptors (Lipinski definition) is 3. The predicted octanol–water partition coefficient (Wildman–Crippen LogP) is 5.80. The van der Waals surface area contributed by atoms with Crippen LogP contribution < -0.4 is 4.74 Å². The van der Waals surface area contributed by atoms with Gasteiger partial charge in [-0.1, -0.05) is 33.8 Å². The number of aryl methyl sites for hydroxylation is 1. The molecular formula is C21H31NO2. The fourth-order valence-corrected chi connectivity index (χ4v) is 2.77. The Bertz CT molecular complexity index is 690. The molecule has 0 radical (unpaired) electrons. The van der Waals surface area contributed by atoms with E-state index in [1.165, 1.54) is 16.7 Å². The molecule has 2 aromatic rings. The molecule has 132 valence electrons. The third kappa shape index (κ3) is 4.57. The Kier molecular flexibility index (Phi) is 8.48. The molecule has 0 spiro atoms. The lowest BCUT2D eigenvalue weighted by atomic mass is 9.95. The van der Waals surface area contributed by atoms with Gasteiger partial charge >= 0.3 is 0 Å². The first-order valence-electron chi connectivity index (χ1n) is 8.91. The number of aromatic nitrogens is 1. The highest BCUT2D eigenvalue weighted by Crippen LogP contribution is 2.31. The number of fused-ring (bicyclic) bond motifs is 1. The van der Waals surface area contributed by atoms with Crippen LogP contribution in [-0.4, -0.2) is 25.3 Å². The summed E-state index contributed by atoms with van der Waals surface area (Å²) in [4.78, 5) is 4.57. The van der Waals surface area contributed by atoms with Gasteiger partial charge in [0, 0.05) is 17.1 Å². The molecular weight excluding hydrogens is 298 g/mol. The van der Waals surface area contributed by atoms with E-state index in [4.69, 9.17) is 9.47 Å². The summed E-state index contributed by atoms with van der Waals surface area (Å²) in [5, 5.41) is 1.07. The Morgan fingerprint density at radius 1 is 1.04 bits per heavy atom. The van der Waals surface area contributed by atoms with Gasteiger partial charge in [-0.15, -0.1) is 0 Å².